The molecule has 0 aliphatic heterocycles. The van der Waals surface area contributed by atoms with Gasteiger partial charge in [0, 0.05) is 4.57 Å². The third-order valence-corrected chi connectivity index (χ3v) is 3.62. The Balaban J connectivity index is 3.68. The van der Waals surface area contributed by atoms with Gasteiger partial charge in [0.1, 0.15) is 6.26 Å². The summed E-state index contributed by atoms with van der Waals surface area (Å²) in [5.41, 5.74) is 0. The van der Waals surface area contributed by atoms with Crippen molar-refractivity contribution in [3.05, 3.63) is 12.8 Å². The summed E-state index contributed by atoms with van der Waals surface area (Å²) in [7, 11) is -3.69. The van der Waals surface area contributed by atoms with Crippen molar-refractivity contribution in [2.75, 3.05) is 0 Å². The van der Waals surface area contributed by atoms with Crippen molar-refractivity contribution in [3.8, 4) is 0 Å². The molecule has 0 bridgehead atoms. The summed E-state index contributed by atoms with van der Waals surface area (Å²) in [5, 5.41) is 0. The normalized spacial score (nSPS) is 12.5. The molecule has 0 rings (SSSR count). The van der Waals surface area contributed by atoms with Gasteiger partial charge in [0.2, 0.25) is 0 Å². The standard InChI is InChI=1S/C5H12O3PSi/c1-5-7-9(6)8-10(2,3)4/h5H,1H2,2-4H3/q+1. The molecule has 5 heteroatoms. The van der Waals surface area contributed by atoms with Crippen LogP contribution in [0.1, 0.15) is 0 Å². The smallest absolute Gasteiger partial charge is 0.239 e. The minimum atomic E-state index is -1.98. The summed E-state index contributed by atoms with van der Waals surface area (Å²) >= 11 is 0. The molecule has 0 N–H and O–H groups in total. The van der Waals surface area contributed by atoms with Gasteiger partial charge in [-0.05, 0) is 19.6 Å². The zero-order chi connectivity index (χ0) is 8.20. The number of hydrogen-bond acceptors (Lipinski definition) is 3. The van der Waals surface area contributed by atoms with Crippen LogP contribution in [0.25, 0.3) is 0 Å². The van der Waals surface area contributed by atoms with Crippen molar-refractivity contribution in [1.29, 1.82) is 0 Å². The molecule has 0 amide bonds. The van der Waals surface area contributed by atoms with Crippen molar-refractivity contribution in [1.82, 2.24) is 0 Å². The Labute approximate surface area is 63.1 Å². The largest absolute Gasteiger partial charge is 0.737 e. The Morgan fingerprint density at radius 1 is 1.50 bits per heavy atom. The first-order valence-corrected chi connectivity index (χ1v) is 7.40. The molecule has 1 unspecified atom stereocenters. The first-order chi connectivity index (χ1) is 4.45. The summed E-state index contributed by atoms with van der Waals surface area (Å²) in [6, 6.07) is 0. The van der Waals surface area contributed by atoms with E-state index in [9.17, 15) is 4.57 Å². The van der Waals surface area contributed by atoms with E-state index in [2.05, 4.69) is 11.1 Å². The van der Waals surface area contributed by atoms with Crippen molar-refractivity contribution < 1.29 is 13.3 Å². The molecule has 10 heavy (non-hydrogen) atoms. The van der Waals surface area contributed by atoms with E-state index in [1.807, 2.05) is 19.6 Å². The maximum absolute atomic E-state index is 10.7. The molecule has 0 fully saturated rings. The van der Waals surface area contributed by atoms with Crippen LogP contribution in [-0.4, -0.2) is 8.32 Å². The average molecular weight is 179 g/mol. The molecule has 3 nitrogen and oxygen atoms in total. The van der Waals surface area contributed by atoms with Crippen LogP contribution in [0.5, 0.6) is 0 Å². The predicted octanol–water partition coefficient (Wildman–Crippen LogP) is 2.66. The van der Waals surface area contributed by atoms with Gasteiger partial charge in [-0.3, -0.25) is 0 Å². The van der Waals surface area contributed by atoms with Gasteiger partial charge in [-0.2, -0.15) is 4.21 Å². The van der Waals surface area contributed by atoms with Crippen LogP contribution in [0.15, 0.2) is 12.8 Å². The molecule has 0 spiro atoms. The first-order valence-electron chi connectivity index (χ1n) is 2.90. The summed E-state index contributed by atoms with van der Waals surface area (Å²) in [6.45, 7) is 9.07. The maximum Gasteiger partial charge on any atom is 0.737 e. The molecule has 0 radical (unpaired) electrons. The fraction of sp³-hybridized carbons (Fsp3) is 0.600. The Morgan fingerprint density at radius 3 is 2.30 bits per heavy atom. The second kappa shape index (κ2) is 3.86. The molecule has 0 saturated heterocycles. The lowest BCUT2D eigenvalue weighted by molar-refractivity contribution is 0.383. The van der Waals surface area contributed by atoms with E-state index in [1.165, 1.54) is 0 Å². The highest BCUT2D eigenvalue weighted by molar-refractivity contribution is 7.35. The molecule has 0 aromatic carbocycles. The zero-order valence-corrected chi connectivity index (χ0v) is 8.35. The van der Waals surface area contributed by atoms with Gasteiger partial charge in [-0.25, -0.2) is 4.52 Å². The SMILES string of the molecule is C=CO[P+](=O)O[Si](C)(C)C. The van der Waals surface area contributed by atoms with Gasteiger partial charge >= 0.3 is 8.25 Å². The van der Waals surface area contributed by atoms with Crippen LogP contribution in [-0.2, 0) is 13.3 Å². The Hall–Kier alpha value is -0.183. The molecule has 0 aliphatic rings. The highest BCUT2D eigenvalue weighted by Crippen LogP contribution is 2.28. The van der Waals surface area contributed by atoms with E-state index >= 15 is 0 Å². The minimum Gasteiger partial charge on any atom is -0.239 e. The lowest BCUT2D eigenvalue weighted by atomic mass is 11.2. The molecule has 0 aromatic heterocycles. The highest BCUT2D eigenvalue weighted by atomic mass is 31.1. The molecule has 58 valence electrons. The molecular formula is C5H12O3PSi+. The van der Waals surface area contributed by atoms with Crippen LogP contribution in [0.4, 0.5) is 0 Å². The van der Waals surface area contributed by atoms with Crippen molar-refractivity contribution in [3.63, 3.8) is 0 Å². The van der Waals surface area contributed by atoms with Gasteiger partial charge in [-0.1, -0.05) is 6.58 Å². The second-order valence-corrected chi connectivity index (χ2v) is 8.31. The molecule has 0 saturated carbocycles. The minimum absolute atomic E-state index is 1.12. The van der Waals surface area contributed by atoms with Crippen molar-refractivity contribution >= 4 is 16.6 Å². The third kappa shape index (κ3) is 5.94. The molecule has 0 heterocycles. The zero-order valence-electron chi connectivity index (χ0n) is 6.46. The van der Waals surface area contributed by atoms with Crippen LogP contribution in [0.2, 0.25) is 19.6 Å². The summed E-state index contributed by atoms with van der Waals surface area (Å²) in [4.78, 5) is 0. The summed E-state index contributed by atoms with van der Waals surface area (Å²) in [5.74, 6) is 0. The van der Waals surface area contributed by atoms with Gasteiger partial charge in [0.25, 0.3) is 8.32 Å². The van der Waals surface area contributed by atoms with Crippen molar-refractivity contribution in [2.45, 2.75) is 19.6 Å². The molecule has 0 aromatic rings. The summed E-state index contributed by atoms with van der Waals surface area (Å²) in [6.07, 6.45) is 1.12. The topological polar surface area (TPSA) is 35.5 Å². The lowest BCUT2D eigenvalue weighted by Crippen LogP contribution is -2.21. The van der Waals surface area contributed by atoms with Crippen molar-refractivity contribution in [2.24, 2.45) is 0 Å². The number of rotatable bonds is 4. The van der Waals surface area contributed by atoms with Crippen LogP contribution in [0.3, 0.4) is 0 Å². The Morgan fingerprint density at radius 2 is 2.00 bits per heavy atom. The van der Waals surface area contributed by atoms with Gasteiger partial charge in [0.05, 0.1) is 0 Å². The lowest BCUT2D eigenvalue weighted by Gasteiger charge is -2.03. The Bertz CT molecular complexity index is 140. The van der Waals surface area contributed by atoms with E-state index in [1.54, 1.807) is 0 Å². The first kappa shape index (κ1) is 9.82. The molecular weight excluding hydrogens is 167 g/mol. The summed E-state index contributed by atoms with van der Waals surface area (Å²) < 4.78 is 20.3. The third-order valence-electron chi connectivity index (χ3n) is 0.509. The van der Waals surface area contributed by atoms with Gasteiger partial charge < -0.3 is 0 Å². The van der Waals surface area contributed by atoms with Crippen LogP contribution in [0, 0.1) is 0 Å². The van der Waals surface area contributed by atoms with Gasteiger partial charge in [0.15, 0.2) is 0 Å². The maximum atomic E-state index is 10.7. The molecule has 1 atom stereocenters. The van der Waals surface area contributed by atoms with Crippen LogP contribution >= 0.6 is 8.25 Å². The van der Waals surface area contributed by atoms with E-state index < -0.39 is 16.6 Å². The fourth-order valence-corrected chi connectivity index (χ4v) is 2.39. The number of hydrogen-bond donors (Lipinski definition) is 0. The molecule has 0 aliphatic carbocycles. The quantitative estimate of drug-likeness (QED) is 0.378. The van der Waals surface area contributed by atoms with E-state index in [-0.39, 0.29) is 0 Å². The van der Waals surface area contributed by atoms with E-state index in [4.69, 9.17) is 4.21 Å². The van der Waals surface area contributed by atoms with E-state index in [0.717, 1.165) is 6.26 Å². The van der Waals surface area contributed by atoms with E-state index in [0.29, 0.717) is 0 Å². The van der Waals surface area contributed by atoms with Crippen LogP contribution < -0.4 is 0 Å². The Kier molecular flexibility index (Phi) is 3.79. The predicted molar refractivity (Wildman–Crippen MR) is 43.3 cm³/mol. The second-order valence-electron chi connectivity index (χ2n) is 2.70. The average Bonchev–Trinajstić information content (AvgIpc) is 1.59. The monoisotopic (exact) mass is 179 g/mol. The highest BCUT2D eigenvalue weighted by Gasteiger charge is 2.31. The fourth-order valence-electron chi connectivity index (χ4n) is 0.306. The van der Waals surface area contributed by atoms with Gasteiger partial charge in [-0.15, -0.1) is 0 Å².